The largest absolute Gasteiger partial charge is 1.00 e. The van der Waals surface area contributed by atoms with Crippen LogP contribution in [0, 0.1) is 0 Å². The van der Waals surface area contributed by atoms with E-state index < -0.39 is 11.1 Å². The normalized spacial score (nSPS) is 11.7. The molecule has 1 aromatic rings. The third-order valence-electron chi connectivity index (χ3n) is 0.936. The Hall–Kier alpha value is 0.330. The summed E-state index contributed by atoms with van der Waals surface area (Å²) in [6.45, 7) is 0. The zero-order valence-corrected chi connectivity index (χ0v) is 8.43. The summed E-state index contributed by atoms with van der Waals surface area (Å²) in [7, 11) is 0. The molecule has 1 unspecified atom stereocenters. The van der Waals surface area contributed by atoms with Gasteiger partial charge in [-0.15, -0.1) is 0 Å². The minimum Gasteiger partial charge on any atom is -1.00 e. The summed E-state index contributed by atoms with van der Waals surface area (Å²) in [5.74, 6) is 0. The van der Waals surface area contributed by atoms with E-state index in [-0.39, 0.29) is 31.0 Å². The van der Waals surface area contributed by atoms with Gasteiger partial charge >= 0.3 is 29.6 Å². The Morgan fingerprint density at radius 1 is 1.30 bits per heavy atom. The standard InChI is InChI=1S/C6H6O2S.Na.H/c7-9(8)6-4-2-1-3-5-6;;/h1-5H,(H,7,8);;/q;+1;-1/p-1. The Bertz CT molecular complexity index is 217. The van der Waals surface area contributed by atoms with Crippen LogP contribution in [-0.2, 0) is 11.1 Å². The van der Waals surface area contributed by atoms with E-state index in [0.29, 0.717) is 4.90 Å². The fourth-order valence-electron chi connectivity index (χ4n) is 0.532. The Labute approximate surface area is 85.7 Å². The molecule has 0 N–H and O–H groups in total. The zero-order valence-electron chi connectivity index (χ0n) is 6.61. The fraction of sp³-hybridized carbons (Fsp3) is 0. The van der Waals surface area contributed by atoms with Crippen molar-refractivity contribution in [1.29, 1.82) is 0 Å². The van der Waals surface area contributed by atoms with Crippen molar-refractivity contribution in [2.24, 2.45) is 0 Å². The topological polar surface area (TPSA) is 40.1 Å². The maximum absolute atomic E-state index is 10.2. The van der Waals surface area contributed by atoms with Gasteiger partial charge in [-0.1, -0.05) is 18.2 Å². The first-order valence-corrected chi connectivity index (χ1v) is 3.52. The average molecular weight is 165 g/mol. The summed E-state index contributed by atoms with van der Waals surface area (Å²) in [6, 6.07) is 8.23. The fourth-order valence-corrected chi connectivity index (χ4v) is 0.911. The molecule has 0 aliphatic rings. The van der Waals surface area contributed by atoms with Crippen molar-refractivity contribution >= 4 is 11.1 Å². The number of rotatable bonds is 1. The van der Waals surface area contributed by atoms with E-state index in [1.165, 1.54) is 0 Å². The zero-order chi connectivity index (χ0) is 6.69. The molecule has 0 aliphatic carbocycles. The molecular formula is C6H6NaO2S-. The molecule has 1 atom stereocenters. The molecule has 4 heteroatoms. The second-order valence-corrected chi connectivity index (χ2v) is 2.49. The Morgan fingerprint density at radius 2 is 1.80 bits per heavy atom. The van der Waals surface area contributed by atoms with Crippen LogP contribution < -0.4 is 29.6 Å². The van der Waals surface area contributed by atoms with E-state index in [1.807, 2.05) is 0 Å². The van der Waals surface area contributed by atoms with Gasteiger partial charge in [0.05, 0.1) is 0 Å². The Kier molecular flexibility index (Phi) is 5.21. The van der Waals surface area contributed by atoms with E-state index in [9.17, 15) is 8.76 Å². The molecular weight excluding hydrogens is 159 g/mol. The predicted octanol–water partition coefficient (Wildman–Crippen LogP) is -1.96. The predicted molar refractivity (Wildman–Crippen MR) is 34.7 cm³/mol. The number of hydrogen-bond donors (Lipinski definition) is 0. The van der Waals surface area contributed by atoms with E-state index >= 15 is 0 Å². The molecule has 0 radical (unpaired) electrons. The van der Waals surface area contributed by atoms with Crippen LogP contribution in [0.15, 0.2) is 35.2 Å². The SMILES string of the molecule is O=S([O-])c1ccccc1.[H-].[Na+]. The molecule has 0 heterocycles. The summed E-state index contributed by atoms with van der Waals surface area (Å²) in [5.41, 5.74) is 0. The molecule has 0 saturated carbocycles. The van der Waals surface area contributed by atoms with E-state index in [1.54, 1.807) is 30.3 Å². The van der Waals surface area contributed by atoms with E-state index in [0.717, 1.165) is 0 Å². The molecule has 2 nitrogen and oxygen atoms in total. The average Bonchev–Trinajstić information content (AvgIpc) is 1.90. The second kappa shape index (κ2) is 5.04. The number of hydrogen-bond acceptors (Lipinski definition) is 2. The van der Waals surface area contributed by atoms with Crippen molar-refractivity contribution in [3.05, 3.63) is 30.3 Å². The quantitative estimate of drug-likeness (QED) is 0.358. The van der Waals surface area contributed by atoms with Crippen LogP contribution in [0.5, 0.6) is 0 Å². The van der Waals surface area contributed by atoms with Crippen molar-refractivity contribution in [3.8, 4) is 0 Å². The summed E-state index contributed by atoms with van der Waals surface area (Å²) >= 11 is -2.08. The maximum atomic E-state index is 10.2. The number of benzene rings is 1. The third-order valence-corrected chi connectivity index (χ3v) is 1.59. The molecule has 1 aromatic carbocycles. The van der Waals surface area contributed by atoms with Crippen LogP contribution >= 0.6 is 0 Å². The van der Waals surface area contributed by atoms with Gasteiger partial charge in [0.1, 0.15) is 0 Å². The van der Waals surface area contributed by atoms with Gasteiger partial charge in [-0.2, -0.15) is 0 Å². The first-order valence-electron chi connectivity index (χ1n) is 2.45. The van der Waals surface area contributed by atoms with Crippen molar-refractivity contribution in [2.75, 3.05) is 0 Å². The van der Waals surface area contributed by atoms with E-state index in [2.05, 4.69) is 0 Å². The molecule has 1 rings (SSSR count). The van der Waals surface area contributed by atoms with Crippen molar-refractivity contribution in [1.82, 2.24) is 0 Å². The Balaban J connectivity index is 0. The van der Waals surface area contributed by atoms with Gasteiger partial charge < -0.3 is 5.98 Å². The van der Waals surface area contributed by atoms with Gasteiger partial charge in [0.25, 0.3) is 0 Å². The van der Waals surface area contributed by atoms with Gasteiger partial charge in [-0.3, -0.25) is 4.21 Å². The molecule has 0 saturated heterocycles. The van der Waals surface area contributed by atoms with Gasteiger partial charge in [0.2, 0.25) is 0 Å². The van der Waals surface area contributed by atoms with E-state index in [4.69, 9.17) is 0 Å². The van der Waals surface area contributed by atoms with Crippen LogP contribution in [-0.4, -0.2) is 8.76 Å². The smallest absolute Gasteiger partial charge is 1.00 e. The summed E-state index contributed by atoms with van der Waals surface area (Å²) < 4.78 is 20.4. The molecule has 50 valence electrons. The van der Waals surface area contributed by atoms with Crippen LogP contribution in [0.4, 0.5) is 0 Å². The molecule has 0 aliphatic heterocycles. The molecule has 0 amide bonds. The van der Waals surface area contributed by atoms with Crippen molar-refractivity contribution in [2.45, 2.75) is 4.90 Å². The summed E-state index contributed by atoms with van der Waals surface area (Å²) in [5, 5.41) is 0. The van der Waals surface area contributed by atoms with Gasteiger partial charge in [-0.25, -0.2) is 0 Å². The first-order chi connectivity index (χ1) is 4.30. The molecule has 0 aromatic heterocycles. The van der Waals surface area contributed by atoms with Gasteiger partial charge in [-0.05, 0) is 23.2 Å². The maximum Gasteiger partial charge on any atom is 1.00 e. The van der Waals surface area contributed by atoms with Crippen LogP contribution in [0.25, 0.3) is 0 Å². The van der Waals surface area contributed by atoms with Crippen molar-refractivity contribution < 1.29 is 39.7 Å². The molecule has 0 bridgehead atoms. The minimum absolute atomic E-state index is 0. The summed E-state index contributed by atoms with van der Waals surface area (Å²) in [6.07, 6.45) is 0. The van der Waals surface area contributed by atoms with Crippen LogP contribution in [0.1, 0.15) is 1.43 Å². The first kappa shape index (κ1) is 10.3. The van der Waals surface area contributed by atoms with Gasteiger partial charge in [0.15, 0.2) is 0 Å². The van der Waals surface area contributed by atoms with Crippen LogP contribution in [0.2, 0.25) is 0 Å². The Morgan fingerprint density at radius 3 is 2.10 bits per heavy atom. The molecule has 0 fully saturated rings. The van der Waals surface area contributed by atoms with Crippen LogP contribution in [0.3, 0.4) is 0 Å². The van der Waals surface area contributed by atoms with Gasteiger partial charge in [0, 0.05) is 4.90 Å². The minimum atomic E-state index is -2.08. The van der Waals surface area contributed by atoms with Crippen molar-refractivity contribution in [3.63, 3.8) is 0 Å². The molecule has 10 heavy (non-hydrogen) atoms. The second-order valence-electron chi connectivity index (χ2n) is 1.55. The summed E-state index contributed by atoms with van der Waals surface area (Å²) in [4.78, 5) is 0.331. The third kappa shape index (κ3) is 2.94. The molecule has 0 spiro atoms. The monoisotopic (exact) mass is 165 g/mol.